The fourth-order valence-corrected chi connectivity index (χ4v) is 3.79. The van der Waals surface area contributed by atoms with E-state index < -0.39 is 23.4 Å². The van der Waals surface area contributed by atoms with Gasteiger partial charge in [-0.3, -0.25) is 4.79 Å². The van der Waals surface area contributed by atoms with E-state index in [0.29, 0.717) is 10.6 Å². The first-order valence-corrected chi connectivity index (χ1v) is 9.65. The van der Waals surface area contributed by atoms with Gasteiger partial charge in [-0.2, -0.15) is 0 Å². The minimum absolute atomic E-state index is 0.0242. The van der Waals surface area contributed by atoms with Gasteiger partial charge in [0.2, 0.25) is 0 Å². The van der Waals surface area contributed by atoms with Crippen LogP contribution >= 0.6 is 22.9 Å². The van der Waals surface area contributed by atoms with Gasteiger partial charge < -0.3 is 9.47 Å². The maximum Gasteiger partial charge on any atom is 0.306 e. The van der Waals surface area contributed by atoms with Crippen LogP contribution in [0.25, 0.3) is 10.1 Å². The summed E-state index contributed by atoms with van der Waals surface area (Å²) in [6, 6.07) is 7.85. The zero-order chi connectivity index (χ0) is 19.4. The minimum atomic E-state index is -0.800. The molecule has 1 aromatic heterocycles. The summed E-state index contributed by atoms with van der Waals surface area (Å²) in [5.74, 6) is -2.43. The third-order valence-electron chi connectivity index (χ3n) is 3.97. The fourth-order valence-electron chi connectivity index (χ4n) is 2.69. The van der Waals surface area contributed by atoms with E-state index in [-0.39, 0.29) is 26.1 Å². The van der Waals surface area contributed by atoms with Gasteiger partial charge in [0.25, 0.3) is 0 Å². The van der Waals surface area contributed by atoms with Crippen molar-refractivity contribution in [2.45, 2.75) is 26.4 Å². The standard InChI is InChI=1S/C20H17ClF2O3S/c1-2-25-19(24)6-3-12-7-16(22)20(17(23)8-12)26-10-13-11-27-18-5-4-14(21)9-15(13)18/h4-5,7-9,11H,2-3,6,10H2,1H3. The molecule has 3 aromatic rings. The van der Waals surface area contributed by atoms with Crippen LogP contribution in [0.15, 0.2) is 35.7 Å². The highest BCUT2D eigenvalue weighted by Gasteiger charge is 2.15. The molecular weight excluding hydrogens is 394 g/mol. The summed E-state index contributed by atoms with van der Waals surface area (Å²) >= 11 is 7.53. The number of fused-ring (bicyclic) bond motifs is 1. The molecule has 3 rings (SSSR count). The van der Waals surface area contributed by atoms with E-state index in [4.69, 9.17) is 21.1 Å². The molecule has 0 unspecified atom stereocenters. The number of carbonyl (C=O) groups is 1. The van der Waals surface area contributed by atoms with E-state index in [9.17, 15) is 13.6 Å². The Balaban J connectivity index is 1.71. The van der Waals surface area contributed by atoms with Crippen LogP contribution in [0, 0.1) is 11.6 Å². The van der Waals surface area contributed by atoms with Gasteiger partial charge in [-0.05, 0) is 54.6 Å². The van der Waals surface area contributed by atoms with Crippen LogP contribution in [-0.2, 0) is 22.6 Å². The summed E-state index contributed by atoms with van der Waals surface area (Å²) in [7, 11) is 0. The number of ether oxygens (including phenoxy) is 2. The van der Waals surface area contributed by atoms with Crippen LogP contribution in [0.3, 0.4) is 0 Å². The summed E-state index contributed by atoms with van der Waals surface area (Å²) in [4.78, 5) is 11.4. The van der Waals surface area contributed by atoms with Gasteiger partial charge in [-0.1, -0.05) is 11.6 Å². The fraction of sp³-hybridized carbons (Fsp3) is 0.250. The van der Waals surface area contributed by atoms with E-state index >= 15 is 0 Å². The summed E-state index contributed by atoms with van der Waals surface area (Å²) in [5.41, 5.74) is 1.18. The Morgan fingerprint density at radius 2 is 1.93 bits per heavy atom. The first-order valence-electron chi connectivity index (χ1n) is 8.40. The molecule has 0 aliphatic heterocycles. The molecule has 27 heavy (non-hydrogen) atoms. The second-order valence-corrected chi connectivity index (χ2v) is 7.23. The smallest absolute Gasteiger partial charge is 0.306 e. The van der Waals surface area contributed by atoms with Crippen molar-refractivity contribution >= 4 is 39.0 Å². The lowest BCUT2D eigenvalue weighted by Gasteiger charge is -2.10. The van der Waals surface area contributed by atoms with Crippen molar-refractivity contribution in [1.29, 1.82) is 0 Å². The number of aryl methyl sites for hydroxylation is 1. The van der Waals surface area contributed by atoms with Crippen LogP contribution in [0.5, 0.6) is 5.75 Å². The summed E-state index contributed by atoms with van der Waals surface area (Å²) in [6.07, 6.45) is 0.259. The van der Waals surface area contributed by atoms with Gasteiger partial charge in [0, 0.05) is 27.1 Å². The number of thiophene rings is 1. The molecule has 0 saturated carbocycles. The molecule has 2 aromatic carbocycles. The van der Waals surface area contributed by atoms with E-state index in [1.807, 2.05) is 11.4 Å². The van der Waals surface area contributed by atoms with Crippen LogP contribution in [0.4, 0.5) is 8.78 Å². The average Bonchev–Trinajstić information content (AvgIpc) is 3.02. The van der Waals surface area contributed by atoms with E-state index in [1.165, 1.54) is 23.5 Å². The third-order valence-corrected chi connectivity index (χ3v) is 5.22. The average molecular weight is 411 g/mol. The molecule has 0 N–H and O–H groups in total. The van der Waals surface area contributed by atoms with Crippen molar-refractivity contribution in [2.75, 3.05) is 6.61 Å². The Morgan fingerprint density at radius 3 is 2.63 bits per heavy atom. The van der Waals surface area contributed by atoms with Gasteiger partial charge in [0.15, 0.2) is 17.4 Å². The molecule has 0 radical (unpaired) electrons. The Labute approximate surface area is 164 Å². The second kappa shape index (κ2) is 8.67. The van der Waals surface area contributed by atoms with E-state index in [2.05, 4.69) is 0 Å². The number of benzene rings is 2. The monoisotopic (exact) mass is 410 g/mol. The topological polar surface area (TPSA) is 35.5 Å². The van der Waals surface area contributed by atoms with E-state index in [0.717, 1.165) is 15.6 Å². The normalized spacial score (nSPS) is 11.0. The number of hydrogen-bond donors (Lipinski definition) is 0. The van der Waals surface area contributed by atoms with Crippen molar-refractivity contribution in [3.63, 3.8) is 0 Å². The molecule has 3 nitrogen and oxygen atoms in total. The molecule has 0 saturated heterocycles. The van der Waals surface area contributed by atoms with Crippen molar-refractivity contribution in [3.8, 4) is 5.75 Å². The second-order valence-electron chi connectivity index (χ2n) is 5.88. The van der Waals surface area contributed by atoms with Crippen LogP contribution < -0.4 is 4.74 Å². The predicted molar refractivity (Wildman–Crippen MR) is 102 cm³/mol. The molecule has 0 amide bonds. The number of hydrogen-bond acceptors (Lipinski definition) is 4. The Morgan fingerprint density at radius 1 is 1.19 bits per heavy atom. The molecule has 0 bridgehead atoms. The maximum atomic E-state index is 14.3. The molecular formula is C20H17ClF2O3S. The lowest BCUT2D eigenvalue weighted by molar-refractivity contribution is -0.143. The summed E-state index contributed by atoms with van der Waals surface area (Å²) in [6.45, 7) is 2.00. The number of rotatable bonds is 7. The molecule has 0 atom stereocenters. The number of carbonyl (C=O) groups excluding carboxylic acids is 1. The first-order chi connectivity index (χ1) is 13.0. The van der Waals surface area contributed by atoms with Crippen molar-refractivity contribution < 1.29 is 23.0 Å². The van der Waals surface area contributed by atoms with E-state index in [1.54, 1.807) is 19.1 Å². The van der Waals surface area contributed by atoms with Crippen LogP contribution in [0.2, 0.25) is 5.02 Å². The van der Waals surface area contributed by atoms with Gasteiger partial charge in [-0.15, -0.1) is 11.3 Å². The molecule has 142 valence electrons. The van der Waals surface area contributed by atoms with Crippen molar-refractivity contribution in [3.05, 3.63) is 63.5 Å². The Hall–Kier alpha value is -2.18. The largest absolute Gasteiger partial charge is 0.483 e. The highest BCUT2D eigenvalue weighted by Crippen LogP contribution is 2.31. The minimum Gasteiger partial charge on any atom is -0.483 e. The van der Waals surface area contributed by atoms with Crippen LogP contribution in [-0.4, -0.2) is 12.6 Å². The van der Waals surface area contributed by atoms with Gasteiger partial charge in [-0.25, -0.2) is 8.78 Å². The zero-order valence-corrected chi connectivity index (χ0v) is 16.1. The van der Waals surface area contributed by atoms with Gasteiger partial charge in [0.05, 0.1) is 6.61 Å². The lowest BCUT2D eigenvalue weighted by atomic mass is 10.1. The number of halogens is 3. The lowest BCUT2D eigenvalue weighted by Crippen LogP contribution is -2.06. The maximum absolute atomic E-state index is 14.3. The van der Waals surface area contributed by atoms with Crippen LogP contribution in [0.1, 0.15) is 24.5 Å². The van der Waals surface area contributed by atoms with Gasteiger partial charge >= 0.3 is 5.97 Å². The highest BCUT2D eigenvalue weighted by molar-refractivity contribution is 7.17. The molecule has 0 aliphatic carbocycles. The molecule has 1 heterocycles. The SMILES string of the molecule is CCOC(=O)CCc1cc(F)c(OCc2csc3ccc(Cl)cc23)c(F)c1. The zero-order valence-electron chi connectivity index (χ0n) is 14.6. The highest BCUT2D eigenvalue weighted by atomic mass is 35.5. The first kappa shape index (κ1) is 19.6. The Kier molecular flexibility index (Phi) is 6.29. The van der Waals surface area contributed by atoms with Crippen molar-refractivity contribution in [2.24, 2.45) is 0 Å². The third kappa shape index (κ3) is 4.76. The molecule has 7 heteroatoms. The summed E-state index contributed by atoms with van der Waals surface area (Å²) < 4.78 is 39.8. The number of esters is 1. The van der Waals surface area contributed by atoms with Crippen molar-refractivity contribution in [1.82, 2.24) is 0 Å². The molecule has 0 aliphatic rings. The summed E-state index contributed by atoms with van der Waals surface area (Å²) in [5, 5.41) is 3.37. The predicted octanol–water partition coefficient (Wildman–Crippen LogP) is 5.91. The Bertz CT molecular complexity index is 948. The van der Waals surface area contributed by atoms with Gasteiger partial charge in [0.1, 0.15) is 6.61 Å². The molecule has 0 spiro atoms. The quantitative estimate of drug-likeness (QED) is 0.454. The molecule has 0 fully saturated rings.